The van der Waals surface area contributed by atoms with E-state index in [2.05, 4.69) is 33.9 Å². The maximum atomic E-state index is 9.97. The number of H-pyrrole nitrogens is 1. The first-order chi connectivity index (χ1) is 12.5. The molecule has 0 spiro atoms. The number of rotatable bonds is 5. The Balaban J connectivity index is 0.00000196. The molecular weight excluding hydrogens is 427 g/mol. The Labute approximate surface area is 172 Å². The number of aromatic hydroxyl groups is 1. The number of aryl methyl sites for hydroxylation is 1. The minimum atomic E-state index is 0. The number of aromatic nitrogens is 1. The van der Waals surface area contributed by atoms with Crippen LogP contribution in [0, 0.1) is 6.92 Å². The van der Waals surface area contributed by atoms with Crippen LogP contribution in [-0.2, 0) is 0 Å². The van der Waals surface area contributed by atoms with Crippen LogP contribution in [0.25, 0.3) is 17.7 Å². The molecule has 0 bridgehead atoms. The van der Waals surface area contributed by atoms with E-state index in [1.165, 1.54) is 0 Å². The lowest BCUT2D eigenvalue weighted by molar-refractivity contribution is -0.294. The number of phenols is 1. The van der Waals surface area contributed by atoms with Crippen LogP contribution in [0.5, 0.6) is 5.75 Å². The Morgan fingerprint density at radius 1 is 1.29 bits per heavy atom. The summed E-state index contributed by atoms with van der Waals surface area (Å²) in [5.74, 6) is 0.240. The van der Waals surface area contributed by atoms with Gasteiger partial charge in [0.25, 0.3) is 0 Å². The molecule has 0 unspecified atom stereocenters. The first kappa shape index (κ1) is 23.6. The van der Waals surface area contributed by atoms with Gasteiger partial charge in [-0.1, -0.05) is 15.9 Å². The molecule has 4 nitrogen and oxygen atoms in total. The molecule has 0 amide bonds. The number of nitrogens with two attached hydrogens (primary N) is 1. The Morgan fingerprint density at radius 3 is 2.68 bits per heavy atom. The molecule has 2 aromatic rings. The lowest BCUT2D eigenvalue weighted by atomic mass is 10.0. The Kier molecular flexibility index (Phi) is 8.59. The average Bonchev–Trinajstić information content (AvgIpc) is 3.19. The normalized spacial score (nSPS) is 14.6. The lowest BCUT2D eigenvalue weighted by Crippen LogP contribution is -2.09. The Hall–Kier alpha value is -2.45. The second-order valence-electron chi connectivity index (χ2n) is 6.14. The molecule has 146 valence electrons. The van der Waals surface area contributed by atoms with Crippen molar-refractivity contribution >= 4 is 47.9 Å². The van der Waals surface area contributed by atoms with E-state index in [-0.39, 0.29) is 15.2 Å². The van der Waals surface area contributed by atoms with Crippen LogP contribution in [0.3, 0.4) is 0 Å². The number of hydrogen-bond donors (Lipinski definition) is 3. The molecule has 1 aliphatic heterocycles. The van der Waals surface area contributed by atoms with Crippen molar-refractivity contribution in [3.05, 3.63) is 69.1 Å². The predicted molar refractivity (Wildman–Crippen MR) is 117 cm³/mol. The fourth-order valence-electron chi connectivity index (χ4n) is 3.00. The monoisotopic (exact) mass is 448 g/mol. The van der Waals surface area contributed by atoms with E-state index in [1.807, 2.05) is 36.6 Å². The predicted octanol–water partition coefficient (Wildman–Crippen LogP) is 4.06. The molecule has 28 heavy (non-hydrogen) atoms. The lowest BCUT2D eigenvalue weighted by Gasteiger charge is -2.07. The van der Waals surface area contributed by atoms with E-state index < -0.39 is 0 Å². The molecule has 8 heteroatoms. The SMILES string of the molecule is F.F.[B][N+]1=CC=CC1=C(CCN)c1[nH]c(/C=C/c2cc(Br)ccc2O)cc1C. The highest BCUT2D eigenvalue weighted by Crippen LogP contribution is 2.28. The third-order valence-electron chi connectivity index (χ3n) is 4.25. The fraction of sp³-hybridized carbons (Fsp3) is 0.150. The smallest absolute Gasteiger partial charge is 0.507 e. The van der Waals surface area contributed by atoms with Gasteiger partial charge in [-0.2, -0.15) is 0 Å². The van der Waals surface area contributed by atoms with Crippen LogP contribution < -0.4 is 5.73 Å². The number of allylic oxidation sites excluding steroid dienone is 2. The summed E-state index contributed by atoms with van der Waals surface area (Å²) in [5, 5.41) is 9.97. The van der Waals surface area contributed by atoms with Gasteiger partial charge in [0.1, 0.15) is 12.0 Å². The zero-order valence-corrected chi connectivity index (χ0v) is 16.9. The number of aromatic amines is 1. The van der Waals surface area contributed by atoms with Crippen molar-refractivity contribution < 1.29 is 19.0 Å². The highest BCUT2D eigenvalue weighted by Gasteiger charge is 2.20. The fourth-order valence-corrected chi connectivity index (χ4v) is 3.38. The molecule has 4 N–H and O–H groups in total. The zero-order chi connectivity index (χ0) is 18.7. The molecule has 2 heterocycles. The molecule has 0 aliphatic carbocycles. The van der Waals surface area contributed by atoms with Gasteiger partial charge in [0.15, 0.2) is 5.70 Å². The minimum Gasteiger partial charge on any atom is -0.507 e. The van der Waals surface area contributed by atoms with E-state index in [4.69, 9.17) is 13.7 Å². The quantitative estimate of drug-likeness (QED) is 0.603. The third-order valence-corrected chi connectivity index (χ3v) is 4.75. The summed E-state index contributed by atoms with van der Waals surface area (Å²) in [4.78, 5) is 3.44. The topological polar surface area (TPSA) is 65.0 Å². The molecular formula is C20H22BBrF2N3O+. The number of phenolic OH excluding ortho intramolecular Hbond substituents is 1. The van der Waals surface area contributed by atoms with E-state index in [0.29, 0.717) is 6.54 Å². The zero-order valence-electron chi connectivity index (χ0n) is 15.4. The van der Waals surface area contributed by atoms with Gasteiger partial charge >= 0.3 is 7.98 Å². The highest BCUT2D eigenvalue weighted by atomic mass is 79.9. The average molecular weight is 449 g/mol. The summed E-state index contributed by atoms with van der Waals surface area (Å²) in [5.41, 5.74) is 11.7. The van der Waals surface area contributed by atoms with Crippen molar-refractivity contribution in [3.63, 3.8) is 0 Å². The summed E-state index contributed by atoms with van der Waals surface area (Å²) >= 11 is 3.42. The minimum absolute atomic E-state index is 0. The number of hydrogen-bond acceptors (Lipinski definition) is 2. The third kappa shape index (κ3) is 5.08. The number of benzene rings is 1. The summed E-state index contributed by atoms with van der Waals surface area (Å²) in [7, 11) is 6.03. The Morgan fingerprint density at radius 2 is 2.04 bits per heavy atom. The molecule has 0 saturated heterocycles. The summed E-state index contributed by atoms with van der Waals surface area (Å²) < 4.78 is 2.53. The van der Waals surface area contributed by atoms with Gasteiger partial charge in [0, 0.05) is 33.5 Å². The molecule has 0 saturated carbocycles. The first-order valence-corrected chi connectivity index (χ1v) is 9.14. The first-order valence-electron chi connectivity index (χ1n) is 8.35. The van der Waals surface area contributed by atoms with E-state index in [0.717, 1.165) is 44.7 Å². The van der Waals surface area contributed by atoms with Crippen molar-refractivity contribution in [2.45, 2.75) is 13.3 Å². The molecule has 1 aromatic carbocycles. The van der Waals surface area contributed by atoms with E-state index in [9.17, 15) is 5.11 Å². The molecule has 0 fully saturated rings. The standard InChI is InChI=1S/C20H20BBrN3O.2FH/c1-13-11-16(6-4-14-12-15(22)5-7-19(14)26)24-20(13)17(8-9-23)18-3-2-10-25(18)21;;/h2-7,10-12,24,26H,8-9,23H2,1H3;2*1H/q+1;;/b6-4+;;. The van der Waals surface area contributed by atoms with Crippen LogP contribution in [0.4, 0.5) is 9.41 Å². The van der Waals surface area contributed by atoms with E-state index in [1.54, 1.807) is 16.6 Å². The van der Waals surface area contributed by atoms with Gasteiger partial charge in [-0.25, -0.2) is 0 Å². The van der Waals surface area contributed by atoms with Crippen molar-refractivity contribution in [1.29, 1.82) is 0 Å². The highest BCUT2D eigenvalue weighted by molar-refractivity contribution is 9.10. The van der Waals surface area contributed by atoms with E-state index >= 15 is 0 Å². The largest absolute Gasteiger partial charge is 0.586 e. The molecule has 3 rings (SSSR count). The van der Waals surface area contributed by atoms with Crippen molar-refractivity contribution in [1.82, 2.24) is 4.98 Å². The summed E-state index contributed by atoms with van der Waals surface area (Å²) in [6.45, 7) is 2.59. The molecule has 1 aliphatic rings. The Bertz CT molecular complexity index is 964. The van der Waals surface area contributed by atoms with Crippen LogP contribution in [0.1, 0.15) is 28.9 Å². The summed E-state index contributed by atoms with van der Waals surface area (Å²) in [6.07, 6.45) is 10.3. The summed E-state index contributed by atoms with van der Waals surface area (Å²) in [6, 6.07) is 7.41. The molecule has 1 aromatic heterocycles. The second-order valence-corrected chi connectivity index (χ2v) is 7.05. The van der Waals surface area contributed by atoms with Gasteiger partial charge in [-0.15, -0.1) is 0 Å². The van der Waals surface area contributed by atoms with Gasteiger partial charge in [0.2, 0.25) is 0 Å². The van der Waals surface area contributed by atoms with Crippen molar-refractivity contribution in [2.75, 3.05) is 6.54 Å². The molecule has 2 radical (unpaired) electrons. The van der Waals surface area contributed by atoms with Crippen LogP contribution in [-0.4, -0.2) is 35.3 Å². The van der Waals surface area contributed by atoms with Gasteiger partial charge < -0.3 is 15.8 Å². The molecule has 0 atom stereocenters. The van der Waals surface area contributed by atoms with Gasteiger partial charge in [0.05, 0.1) is 5.69 Å². The van der Waals surface area contributed by atoms with Crippen molar-refractivity contribution in [3.8, 4) is 5.75 Å². The van der Waals surface area contributed by atoms with Crippen LogP contribution >= 0.6 is 15.9 Å². The van der Waals surface area contributed by atoms with Crippen LogP contribution in [0.2, 0.25) is 0 Å². The number of nitrogens with one attached hydrogen (secondary N) is 1. The van der Waals surface area contributed by atoms with Gasteiger partial charge in [-0.05, 0) is 61.9 Å². The maximum absolute atomic E-state index is 9.97. The van der Waals surface area contributed by atoms with Crippen molar-refractivity contribution in [2.24, 2.45) is 5.73 Å². The van der Waals surface area contributed by atoms with Gasteiger partial charge in [-0.3, -0.25) is 13.9 Å². The van der Waals surface area contributed by atoms with Crippen LogP contribution in [0.15, 0.2) is 46.6 Å². The second kappa shape index (κ2) is 10.2. The number of nitrogens with zero attached hydrogens (tertiary/aromatic N) is 1. The number of halogens is 3. The maximum Gasteiger partial charge on any atom is 0.586 e.